The molecule has 0 heterocycles. The van der Waals surface area contributed by atoms with Crippen LogP contribution >= 0.6 is 0 Å². The van der Waals surface area contributed by atoms with Crippen LogP contribution in [-0.4, -0.2) is 11.7 Å². The predicted octanol–water partition coefficient (Wildman–Crippen LogP) is 3.02. The Morgan fingerprint density at radius 2 is 1.90 bits per heavy atom. The van der Waals surface area contributed by atoms with Crippen LogP contribution in [0.5, 0.6) is 0 Å². The van der Waals surface area contributed by atoms with E-state index in [1.165, 1.54) is 6.92 Å². The van der Waals surface area contributed by atoms with E-state index in [9.17, 15) is 4.79 Å². The fourth-order valence-corrected chi connectivity index (χ4v) is 1.80. The molecule has 0 saturated heterocycles. The van der Waals surface area contributed by atoms with E-state index >= 15 is 0 Å². The Morgan fingerprint density at radius 3 is 2.62 bits per heavy atom. The number of benzene rings is 2. The molecule has 0 atom stereocenters. The molecule has 0 bridgehead atoms. The number of nitrogens with two attached hydrogens (primary N) is 1. The van der Waals surface area contributed by atoms with Gasteiger partial charge in [0.25, 0.3) is 0 Å². The molecule has 0 aliphatic rings. The standard InChI is InChI=1S/C17H17N3O/c1-13(21)20-16-9-5-8-15(12-16)17(18)19-11-10-14-6-3-2-4-7-14/h2-12H,1H3,(H2,18,19)(H,20,21). The van der Waals surface area contributed by atoms with Crippen molar-refractivity contribution in [1.29, 1.82) is 0 Å². The number of rotatable bonds is 4. The summed E-state index contributed by atoms with van der Waals surface area (Å²) in [7, 11) is 0. The summed E-state index contributed by atoms with van der Waals surface area (Å²) < 4.78 is 0. The van der Waals surface area contributed by atoms with Gasteiger partial charge >= 0.3 is 0 Å². The lowest BCUT2D eigenvalue weighted by Crippen LogP contribution is -2.13. The number of carbonyl (C=O) groups excluding carboxylic acids is 1. The van der Waals surface area contributed by atoms with Crippen molar-refractivity contribution in [2.24, 2.45) is 10.7 Å². The lowest BCUT2D eigenvalue weighted by molar-refractivity contribution is -0.114. The first kappa shape index (κ1) is 14.5. The highest BCUT2D eigenvalue weighted by molar-refractivity contribution is 5.99. The maximum absolute atomic E-state index is 11.0. The second-order valence-electron chi connectivity index (χ2n) is 4.50. The molecule has 0 aromatic heterocycles. The first-order valence-corrected chi connectivity index (χ1v) is 6.58. The molecule has 2 aromatic carbocycles. The molecule has 0 radical (unpaired) electrons. The van der Waals surface area contributed by atoms with Crippen molar-refractivity contribution in [1.82, 2.24) is 0 Å². The minimum absolute atomic E-state index is 0.119. The van der Waals surface area contributed by atoms with Crippen molar-refractivity contribution in [3.05, 3.63) is 71.9 Å². The fourth-order valence-electron chi connectivity index (χ4n) is 1.80. The van der Waals surface area contributed by atoms with Crippen LogP contribution in [0.2, 0.25) is 0 Å². The van der Waals surface area contributed by atoms with E-state index < -0.39 is 0 Å². The van der Waals surface area contributed by atoms with Crippen molar-refractivity contribution < 1.29 is 4.79 Å². The summed E-state index contributed by atoms with van der Waals surface area (Å²) in [5, 5.41) is 2.71. The third-order valence-corrected chi connectivity index (χ3v) is 2.76. The molecule has 0 unspecified atom stereocenters. The van der Waals surface area contributed by atoms with Gasteiger partial charge < -0.3 is 11.1 Å². The highest BCUT2D eigenvalue weighted by Crippen LogP contribution is 2.10. The number of amidine groups is 1. The highest BCUT2D eigenvalue weighted by Gasteiger charge is 2.00. The first-order chi connectivity index (χ1) is 10.1. The van der Waals surface area contributed by atoms with Crippen molar-refractivity contribution in [2.45, 2.75) is 6.92 Å². The van der Waals surface area contributed by atoms with Crippen LogP contribution in [0.3, 0.4) is 0 Å². The number of nitrogens with one attached hydrogen (secondary N) is 1. The maximum Gasteiger partial charge on any atom is 0.221 e. The number of hydrogen-bond donors (Lipinski definition) is 2. The zero-order valence-electron chi connectivity index (χ0n) is 11.8. The van der Waals surface area contributed by atoms with Gasteiger partial charge in [-0.2, -0.15) is 0 Å². The van der Waals surface area contributed by atoms with Crippen LogP contribution < -0.4 is 11.1 Å². The van der Waals surface area contributed by atoms with Gasteiger partial charge in [0.15, 0.2) is 0 Å². The first-order valence-electron chi connectivity index (χ1n) is 6.58. The Labute approximate surface area is 124 Å². The van der Waals surface area contributed by atoms with Crippen LogP contribution in [0, 0.1) is 0 Å². The summed E-state index contributed by atoms with van der Waals surface area (Å²) in [5.41, 5.74) is 8.46. The SMILES string of the molecule is CC(=O)Nc1cccc(C(N)=NC=Cc2ccccc2)c1. The quantitative estimate of drug-likeness (QED) is 0.667. The van der Waals surface area contributed by atoms with Crippen LogP contribution in [0.4, 0.5) is 5.69 Å². The molecule has 0 spiro atoms. The normalized spacial score (nSPS) is 11.6. The van der Waals surface area contributed by atoms with Gasteiger partial charge in [0, 0.05) is 24.4 Å². The smallest absolute Gasteiger partial charge is 0.221 e. The number of anilines is 1. The van der Waals surface area contributed by atoms with Gasteiger partial charge in [-0.15, -0.1) is 0 Å². The Kier molecular flexibility index (Phi) is 4.88. The lowest BCUT2D eigenvalue weighted by atomic mass is 10.2. The minimum atomic E-state index is -0.119. The topological polar surface area (TPSA) is 67.5 Å². The minimum Gasteiger partial charge on any atom is -0.383 e. The van der Waals surface area contributed by atoms with E-state index in [1.807, 2.05) is 48.5 Å². The largest absolute Gasteiger partial charge is 0.383 e. The molecule has 2 rings (SSSR count). The average Bonchev–Trinajstić information content (AvgIpc) is 2.48. The third kappa shape index (κ3) is 4.62. The van der Waals surface area contributed by atoms with E-state index in [2.05, 4.69) is 10.3 Å². The number of carbonyl (C=O) groups is 1. The molecule has 0 fully saturated rings. The van der Waals surface area contributed by atoms with Crippen molar-refractivity contribution in [3.8, 4) is 0 Å². The van der Waals surface area contributed by atoms with Gasteiger partial charge in [-0.25, -0.2) is 4.99 Å². The van der Waals surface area contributed by atoms with Crippen molar-refractivity contribution >= 4 is 23.5 Å². The van der Waals surface area contributed by atoms with Gasteiger partial charge in [-0.1, -0.05) is 42.5 Å². The third-order valence-electron chi connectivity index (χ3n) is 2.76. The van der Waals surface area contributed by atoms with Gasteiger partial charge in [-0.05, 0) is 23.8 Å². The molecule has 0 saturated carbocycles. The second kappa shape index (κ2) is 7.05. The van der Waals surface area contributed by atoms with Crippen molar-refractivity contribution in [2.75, 3.05) is 5.32 Å². The molecular formula is C17H17N3O. The summed E-state index contributed by atoms with van der Waals surface area (Å²) in [6, 6.07) is 17.1. The molecule has 21 heavy (non-hydrogen) atoms. The van der Waals surface area contributed by atoms with E-state index in [-0.39, 0.29) is 5.91 Å². The number of nitrogens with zero attached hydrogens (tertiary/aromatic N) is 1. The number of aliphatic imine (C=N–C) groups is 1. The van der Waals surface area contributed by atoms with E-state index in [4.69, 9.17) is 5.73 Å². The summed E-state index contributed by atoms with van der Waals surface area (Å²) in [6.07, 6.45) is 3.54. The second-order valence-corrected chi connectivity index (χ2v) is 4.50. The molecule has 2 aromatic rings. The van der Waals surface area contributed by atoms with Crippen LogP contribution in [0.25, 0.3) is 6.08 Å². The van der Waals surface area contributed by atoms with E-state index in [0.29, 0.717) is 11.5 Å². The Bertz CT molecular complexity index is 675. The Morgan fingerprint density at radius 1 is 1.14 bits per heavy atom. The Hall–Kier alpha value is -2.88. The van der Waals surface area contributed by atoms with E-state index in [1.54, 1.807) is 18.3 Å². The van der Waals surface area contributed by atoms with Gasteiger partial charge in [0.2, 0.25) is 5.91 Å². The zero-order chi connectivity index (χ0) is 15.1. The van der Waals surface area contributed by atoms with E-state index in [0.717, 1.165) is 11.1 Å². The summed E-state index contributed by atoms with van der Waals surface area (Å²) >= 11 is 0. The average molecular weight is 279 g/mol. The summed E-state index contributed by atoms with van der Waals surface area (Å²) in [6.45, 7) is 1.46. The maximum atomic E-state index is 11.0. The van der Waals surface area contributed by atoms with Crippen LogP contribution in [-0.2, 0) is 4.79 Å². The summed E-state index contributed by atoms with van der Waals surface area (Å²) in [4.78, 5) is 15.3. The molecule has 3 N–H and O–H groups in total. The molecule has 106 valence electrons. The molecule has 1 amide bonds. The monoisotopic (exact) mass is 279 g/mol. The zero-order valence-corrected chi connectivity index (χ0v) is 11.8. The molecule has 4 heteroatoms. The van der Waals surface area contributed by atoms with Gasteiger partial charge in [0.05, 0.1) is 0 Å². The summed E-state index contributed by atoms with van der Waals surface area (Å²) in [5.74, 6) is 0.279. The predicted molar refractivity (Wildman–Crippen MR) is 86.9 cm³/mol. The lowest BCUT2D eigenvalue weighted by Gasteiger charge is -2.04. The van der Waals surface area contributed by atoms with Crippen LogP contribution in [0.15, 0.2) is 65.8 Å². The molecule has 0 aliphatic carbocycles. The number of amides is 1. The fraction of sp³-hybridized carbons (Fsp3) is 0.0588. The number of hydrogen-bond acceptors (Lipinski definition) is 2. The van der Waals surface area contributed by atoms with Crippen LogP contribution in [0.1, 0.15) is 18.1 Å². The molecular weight excluding hydrogens is 262 g/mol. The molecule has 0 aliphatic heterocycles. The molecule has 4 nitrogen and oxygen atoms in total. The highest BCUT2D eigenvalue weighted by atomic mass is 16.1. The van der Waals surface area contributed by atoms with Gasteiger partial charge in [0.1, 0.15) is 5.84 Å². The van der Waals surface area contributed by atoms with Crippen molar-refractivity contribution in [3.63, 3.8) is 0 Å². The Balaban J connectivity index is 2.12. The van der Waals surface area contributed by atoms with Gasteiger partial charge in [-0.3, -0.25) is 4.79 Å².